The molecule has 0 saturated heterocycles. The molecule has 3 aromatic carbocycles. The van der Waals surface area contributed by atoms with E-state index in [1.54, 1.807) is 24.3 Å². The molecule has 0 radical (unpaired) electrons. The van der Waals surface area contributed by atoms with E-state index in [4.69, 9.17) is 28.4 Å². The Hall–Kier alpha value is -3.76. The first-order valence-corrected chi connectivity index (χ1v) is 14.3. The van der Waals surface area contributed by atoms with Crippen LogP contribution in [0.15, 0.2) is 72.8 Å². The van der Waals surface area contributed by atoms with Crippen molar-refractivity contribution in [1.29, 1.82) is 0 Å². The lowest BCUT2D eigenvalue weighted by Crippen LogP contribution is -2.27. The predicted octanol–water partition coefficient (Wildman–Crippen LogP) is 4.87. The highest BCUT2D eigenvalue weighted by atomic mass is 16.6. The third-order valence-corrected chi connectivity index (χ3v) is 6.71. The van der Waals surface area contributed by atoms with Crippen LogP contribution in [0.3, 0.4) is 0 Å². The van der Waals surface area contributed by atoms with Gasteiger partial charge in [-0.1, -0.05) is 48.5 Å². The number of benzene rings is 3. The molecule has 42 heavy (non-hydrogen) atoms. The molecule has 1 aliphatic rings. The van der Waals surface area contributed by atoms with Crippen LogP contribution in [-0.4, -0.2) is 85.0 Å². The predicted molar refractivity (Wildman–Crippen MR) is 158 cm³/mol. The van der Waals surface area contributed by atoms with E-state index in [2.05, 4.69) is 29.6 Å². The number of carbonyl (C=O) groups is 2. The molecule has 0 aliphatic heterocycles. The molecule has 0 heterocycles. The summed E-state index contributed by atoms with van der Waals surface area (Å²) >= 11 is 0. The Bertz CT molecular complexity index is 1190. The molecule has 0 bridgehead atoms. The van der Waals surface area contributed by atoms with E-state index in [1.807, 2.05) is 24.3 Å². The topological polar surface area (TPSA) is 102 Å². The zero-order valence-corrected chi connectivity index (χ0v) is 23.8. The molecular formula is C33H39NO8. The molecule has 0 fully saturated rings. The summed E-state index contributed by atoms with van der Waals surface area (Å²) in [6.45, 7) is 5.05. The highest BCUT2D eigenvalue weighted by Gasteiger charge is 2.28. The number of amides is 1. The number of nitrogens with one attached hydrogen (secondary N) is 1. The molecule has 224 valence electrons. The molecule has 4 rings (SSSR count). The van der Waals surface area contributed by atoms with Crippen LogP contribution in [-0.2, 0) is 23.7 Å². The summed E-state index contributed by atoms with van der Waals surface area (Å²) < 4.78 is 33.1. The monoisotopic (exact) mass is 577 g/mol. The minimum atomic E-state index is -0.416. The van der Waals surface area contributed by atoms with Gasteiger partial charge in [0, 0.05) is 24.6 Å². The van der Waals surface area contributed by atoms with Gasteiger partial charge in [0.15, 0.2) is 0 Å². The molecule has 0 atom stereocenters. The second-order valence-corrected chi connectivity index (χ2v) is 9.59. The summed E-state index contributed by atoms with van der Waals surface area (Å²) in [6.07, 6.45) is 1.07. The fraction of sp³-hybridized carbons (Fsp3) is 0.394. The van der Waals surface area contributed by atoms with Gasteiger partial charge in [-0.05, 0) is 52.9 Å². The molecule has 0 spiro atoms. The number of alkyl carbamates (subject to hydrolysis) is 1. The van der Waals surface area contributed by atoms with Gasteiger partial charge in [0.25, 0.3) is 0 Å². The zero-order valence-electron chi connectivity index (χ0n) is 23.8. The Morgan fingerprint density at radius 2 is 1.19 bits per heavy atom. The van der Waals surface area contributed by atoms with Gasteiger partial charge in [-0.2, -0.15) is 0 Å². The van der Waals surface area contributed by atoms with Crippen molar-refractivity contribution in [3.8, 4) is 16.9 Å². The molecular weight excluding hydrogens is 538 g/mol. The lowest BCUT2D eigenvalue weighted by atomic mass is 9.98. The Kier molecular flexibility index (Phi) is 13.3. The number of hydrogen-bond acceptors (Lipinski definition) is 8. The fourth-order valence-corrected chi connectivity index (χ4v) is 4.64. The van der Waals surface area contributed by atoms with Crippen LogP contribution in [0.25, 0.3) is 11.1 Å². The van der Waals surface area contributed by atoms with Gasteiger partial charge < -0.3 is 33.7 Å². The number of carbonyl (C=O) groups excluding carboxylic acids is 2. The average Bonchev–Trinajstić information content (AvgIpc) is 3.35. The van der Waals surface area contributed by atoms with Crippen LogP contribution in [0.4, 0.5) is 4.79 Å². The van der Waals surface area contributed by atoms with Gasteiger partial charge in [0.05, 0.1) is 46.2 Å². The summed E-state index contributed by atoms with van der Waals surface area (Å²) in [4.78, 5) is 22.9. The Balaban J connectivity index is 0.911. The smallest absolute Gasteiger partial charge is 0.407 e. The average molecular weight is 578 g/mol. The summed E-state index contributed by atoms with van der Waals surface area (Å²) in [6, 6.07) is 23.5. The fourth-order valence-electron chi connectivity index (χ4n) is 4.64. The van der Waals surface area contributed by atoms with E-state index < -0.39 is 6.09 Å². The largest absolute Gasteiger partial charge is 0.491 e. The zero-order chi connectivity index (χ0) is 29.2. The lowest BCUT2D eigenvalue weighted by molar-refractivity contribution is -0.00472. The lowest BCUT2D eigenvalue weighted by Gasteiger charge is -2.14. The molecule has 9 nitrogen and oxygen atoms in total. The Morgan fingerprint density at radius 1 is 0.667 bits per heavy atom. The minimum absolute atomic E-state index is 0.0524. The molecule has 1 aliphatic carbocycles. The van der Waals surface area contributed by atoms with Crippen LogP contribution in [0.1, 0.15) is 33.8 Å². The van der Waals surface area contributed by atoms with E-state index in [9.17, 15) is 9.59 Å². The highest BCUT2D eigenvalue weighted by Crippen LogP contribution is 2.44. The van der Waals surface area contributed by atoms with Crippen molar-refractivity contribution in [2.75, 3.05) is 72.6 Å². The van der Waals surface area contributed by atoms with Crippen molar-refractivity contribution in [2.24, 2.45) is 0 Å². The van der Waals surface area contributed by atoms with Crippen molar-refractivity contribution < 1.29 is 38.0 Å². The maximum atomic E-state index is 12.2. The van der Waals surface area contributed by atoms with Gasteiger partial charge in [-0.3, -0.25) is 4.79 Å². The van der Waals surface area contributed by atoms with E-state index in [-0.39, 0.29) is 5.92 Å². The van der Waals surface area contributed by atoms with Gasteiger partial charge in [0.2, 0.25) is 0 Å². The number of hydrogen-bond donors (Lipinski definition) is 1. The van der Waals surface area contributed by atoms with E-state index in [0.29, 0.717) is 90.3 Å². The maximum Gasteiger partial charge on any atom is 0.407 e. The van der Waals surface area contributed by atoms with E-state index >= 15 is 0 Å². The van der Waals surface area contributed by atoms with Gasteiger partial charge >= 0.3 is 6.09 Å². The van der Waals surface area contributed by atoms with Crippen molar-refractivity contribution in [3.63, 3.8) is 0 Å². The third-order valence-electron chi connectivity index (χ3n) is 6.71. The summed E-state index contributed by atoms with van der Waals surface area (Å²) in [5, 5.41) is 2.80. The number of ether oxygens (including phenoxy) is 6. The molecule has 0 saturated carbocycles. The quantitative estimate of drug-likeness (QED) is 0.150. The maximum absolute atomic E-state index is 12.2. The molecule has 0 unspecified atom stereocenters. The van der Waals surface area contributed by atoms with Gasteiger partial charge in [-0.15, -0.1) is 0 Å². The summed E-state index contributed by atoms with van der Waals surface area (Å²) in [5.74, 6) is 0.753. The summed E-state index contributed by atoms with van der Waals surface area (Å²) in [7, 11) is 0. The third kappa shape index (κ3) is 9.95. The van der Waals surface area contributed by atoms with Crippen molar-refractivity contribution in [3.05, 3.63) is 89.5 Å². The molecule has 3 aromatic rings. The first-order valence-electron chi connectivity index (χ1n) is 14.3. The first-order chi connectivity index (χ1) is 20.8. The molecule has 0 aromatic heterocycles. The standard InChI is InChI=1S/C33H39NO8/c35-24-26-10-12-27(13-11-26)41-23-22-40-21-20-39-19-18-38-17-16-37-15-5-14-34-33(36)42-25-32-30-8-3-1-6-28(30)29-7-2-4-9-31(29)32/h1-4,6-13,24,32H,5,14-23,25H2,(H,34,36). The second kappa shape index (κ2) is 17.9. The number of rotatable bonds is 20. The van der Waals surface area contributed by atoms with Gasteiger partial charge in [-0.25, -0.2) is 4.79 Å². The van der Waals surface area contributed by atoms with E-state index in [0.717, 1.165) is 6.29 Å². The molecule has 1 N–H and O–H groups in total. The summed E-state index contributed by atoms with van der Waals surface area (Å²) in [5.41, 5.74) is 5.42. The SMILES string of the molecule is O=Cc1ccc(OCCOCCOCCOCCOCCCNC(=O)OCC2c3ccccc3-c3ccccc32)cc1. The van der Waals surface area contributed by atoms with Crippen LogP contribution in [0.5, 0.6) is 5.75 Å². The van der Waals surface area contributed by atoms with Gasteiger partial charge in [0.1, 0.15) is 25.2 Å². The van der Waals surface area contributed by atoms with Crippen LogP contribution in [0.2, 0.25) is 0 Å². The van der Waals surface area contributed by atoms with Crippen LogP contribution in [0, 0.1) is 0 Å². The van der Waals surface area contributed by atoms with Crippen LogP contribution < -0.4 is 10.1 Å². The van der Waals surface area contributed by atoms with Crippen LogP contribution >= 0.6 is 0 Å². The number of aldehydes is 1. The van der Waals surface area contributed by atoms with Crippen molar-refractivity contribution in [2.45, 2.75) is 12.3 Å². The van der Waals surface area contributed by atoms with Crippen molar-refractivity contribution in [1.82, 2.24) is 5.32 Å². The number of fused-ring (bicyclic) bond motifs is 3. The second-order valence-electron chi connectivity index (χ2n) is 9.59. The molecule has 9 heteroatoms. The highest BCUT2D eigenvalue weighted by molar-refractivity contribution is 5.79. The molecule has 1 amide bonds. The Morgan fingerprint density at radius 3 is 1.76 bits per heavy atom. The first kappa shape index (κ1) is 31.2. The Labute approximate surface area is 247 Å². The normalized spacial score (nSPS) is 12.0. The van der Waals surface area contributed by atoms with E-state index in [1.165, 1.54) is 22.3 Å². The minimum Gasteiger partial charge on any atom is -0.491 e. The van der Waals surface area contributed by atoms with Crippen molar-refractivity contribution >= 4 is 12.4 Å².